The molecule has 0 aliphatic rings. The maximum Gasteiger partial charge on any atom is 0.197 e. The Hall–Kier alpha value is -2.74. The van der Waals surface area contributed by atoms with Crippen molar-refractivity contribution in [3.8, 4) is 22.8 Å². The third-order valence-corrected chi connectivity index (χ3v) is 3.64. The van der Waals surface area contributed by atoms with Gasteiger partial charge in [0.05, 0.1) is 18.3 Å². The summed E-state index contributed by atoms with van der Waals surface area (Å²) >= 11 is 1.47. The molecule has 4 aromatic rings. The quantitative estimate of drug-likeness (QED) is 0.459. The highest BCUT2D eigenvalue weighted by molar-refractivity contribution is 7.98. The van der Waals surface area contributed by atoms with Crippen molar-refractivity contribution in [2.75, 3.05) is 6.26 Å². The fourth-order valence-electron chi connectivity index (χ4n) is 2.10. The summed E-state index contributed by atoms with van der Waals surface area (Å²) in [6, 6.07) is 5.45. The summed E-state index contributed by atoms with van der Waals surface area (Å²) in [4.78, 5) is 24.9. The van der Waals surface area contributed by atoms with Crippen molar-refractivity contribution in [2.45, 2.75) is 5.16 Å². The maximum atomic E-state index is 5.48. The van der Waals surface area contributed by atoms with E-state index in [0.29, 0.717) is 39.3 Å². The summed E-state index contributed by atoms with van der Waals surface area (Å²) in [6.45, 7) is 0. The van der Waals surface area contributed by atoms with Crippen LogP contribution in [0.1, 0.15) is 0 Å². The first-order valence-corrected chi connectivity index (χ1v) is 7.70. The minimum Gasteiger partial charge on any atom is -0.463 e. The highest BCUT2D eigenvalue weighted by Crippen LogP contribution is 2.29. The number of furan rings is 1. The van der Waals surface area contributed by atoms with Crippen LogP contribution in [0.5, 0.6) is 0 Å². The SMILES string of the molecule is CSc1nccc(-c2nc3nc[nH]c3nc2-c2ccco2)n1. The molecule has 0 bridgehead atoms. The molecule has 0 unspecified atom stereocenters. The van der Waals surface area contributed by atoms with Gasteiger partial charge in [-0.15, -0.1) is 0 Å². The topological polar surface area (TPSA) is 93.4 Å². The summed E-state index contributed by atoms with van der Waals surface area (Å²) in [5, 5.41) is 0.673. The maximum absolute atomic E-state index is 5.48. The monoisotopic (exact) mass is 310 g/mol. The zero-order valence-corrected chi connectivity index (χ0v) is 12.3. The predicted octanol–water partition coefficient (Wildman–Crippen LogP) is 2.79. The molecule has 0 atom stereocenters. The van der Waals surface area contributed by atoms with Crippen molar-refractivity contribution in [1.82, 2.24) is 29.9 Å². The van der Waals surface area contributed by atoms with Crippen LogP contribution in [0.4, 0.5) is 0 Å². The molecule has 8 heteroatoms. The van der Waals surface area contributed by atoms with E-state index in [-0.39, 0.29) is 0 Å². The first kappa shape index (κ1) is 13.0. The smallest absolute Gasteiger partial charge is 0.197 e. The van der Waals surface area contributed by atoms with Gasteiger partial charge in [-0.05, 0) is 24.5 Å². The highest BCUT2D eigenvalue weighted by atomic mass is 32.2. The molecule has 0 spiro atoms. The molecule has 0 aliphatic heterocycles. The number of hydrogen-bond acceptors (Lipinski definition) is 7. The summed E-state index contributed by atoms with van der Waals surface area (Å²) in [5.41, 5.74) is 3.06. The van der Waals surface area contributed by atoms with Gasteiger partial charge in [0.25, 0.3) is 0 Å². The number of H-pyrrole nitrogens is 1. The predicted molar refractivity (Wildman–Crippen MR) is 82.2 cm³/mol. The van der Waals surface area contributed by atoms with Crippen molar-refractivity contribution in [2.24, 2.45) is 0 Å². The summed E-state index contributed by atoms with van der Waals surface area (Å²) in [5.74, 6) is 0.628. The van der Waals surface area contributed by atoms with Crippen LogP contribution in [-0.2, 0) is 0 Å². The molecule has 0 saturated carbocycles. The molecule has 0 saturated heterocycles. The van der Waals surface area contributed by atoms with E-state index in [1.54, 1.807) is 24.9 Å². The van der Waals surface area contributed by atoms with E-state index >= 15 is 0 Å². The molecule has 4 aromatic heterocycles. The van der Waals surface area contributed by atoms with Crippen LogP contribution in [0, 0.1) is 0 Å². The minimum absolute atomic E-state index is 0.537. The lowest BCUT2D eigenvalue weighted by atomic mass is 10.2. The number of nitrogens with zero attached hydrogens (tertiary/aromatic N) is 5. The van der Waals surface area contributed by atoms with Gasteiger partial charge in [0.1, 0.15) is 11.4 Å². The van der Waals surface area contributed by atoms with Gasteiger partial charge < -0.3 is 9.40 Å². The van der Waals surface area contributed by atoms with E-state index in [1.807, 2.05) is 18.4 Å². The Morgan fingerprint density at radius 1 is 1.09 bits per heavy atom. The molecule has 4 rings (SSSR count). The number of aromatic nitrogens is 6. The third-order valence-electron chi connectivity index (χ3n) is 3.08. The van der Waals surface area contributed by atoms with Crippen molar-refractivity contribution in [3.63, 3.8) is 0 Å². The number of nitrogens with one attached hydrogen (secondary N) is 1. The molecule has 0 amide bonds. The van der Waals surface area contributed by atoms with Crippen LogP contribution in [0.3, 0.4) is 0 Å². The van der Waals surface area contributed by atoms with Gasteiger partial charge in [0.2, 0.25) is 0 Å². The highest BCUT2D eigenvalue weighted by Gasteiger charge is 2.17. The Bertz CT molecular complexity index is 934. The van der Waals surface area contributed by atoms with Gasteiger partial charge in [-0.3, -0.25) is 0 Å². The Morgan fingerprint density at radius 3 is 2.86 bits per heavy atom. The van der Waals surface area contributed by atoms with Crippen molar-refractivity contribution < 1.29 is 4.42 Å². The summed E-state index contributed by atoms with van der Waals surface area (Å²) in [6.07, 6.45) is 6.80. The average Bonchev–Trinajstić information content (AvgIpc) is 3.24. The van der Waals surface area contributed by atoms with Crippen LogP contribution >= 0.6 is 11.8 Å². The number of hydrogen-bond donors (Lipinski definition) is 1. The van der Waals surface area contributed by atoms with Crippen LogP contribution in [-0.4, -0.2) is 36.2 Å². The number of imidazole rings is 1. The van der Waals surface area contributed by atoms with E-state index < -0.39 is 0 Å². The van der Waals surface area contributed by atoms with E-state index in [2.05, 4.69) is 29.9 Å². The second-order valence-electron chi connectivity index (χ2n) is 4.40. The molecule has 22 heavy (non-hydrogen) atoms. The Labute approximate surface area is 129 Å². The zero-order chi connectivity index (χ0) is 14.9. The lowest BCUT2D eigenvalue weighted by Gasteiger charge is -2.06. The fourth-order valence-corrected chi connectivity index (χ4v) is 2.46. The number of thioether (sulfide) groups is 1. The molecule has 0 radical (unpaired) electrons. The first-order valence-electron chi connectivity index (χ1n) is 6.47. The van der Waals surface area contributed by atoms with Crippen molar-refractivity contribution in [1.29, 1.82) is 0 Å². The summed E-state index contributed by atoms with van der Waals surface area (Å²) < 4.78 is 5.48. The lowest BCUT2D eigenvalue weighted by molar-refractivity contribution is 0.580. The summed E-state index contributed by atoms with van der Waals surface area (Å²) in [7, 11) is 0. The number of rotatable bonds is 3. The van der Waals surface area contributed by atoms with Crippen LogP contribution < -0.4 is 0 Å². The Kier molecular flexibility index (Phi) is 3.08. The molecule has 7 nitrogen and oxygen atoms in total. The molecule has 4 heterocycles. The second-order valence-corrected chi connectivity index (χ2v) is 5.17. The second kappa shape index (κ2) is 5.23. The zero-order valence-electron chi connectivity index (χ0n) is 11.5. The normalized spacial score (nSPS) is 11.1. The third kappa shape index (κ3) is 2.13. The lowest BCUT2D eigenvalue weighted by Crippen LogP contribution is -1.97. The van der Waals surface area contributed by atoms with E-state index in [4.69, 9.17) is 4.42 Å². The van der Waals surface area contributed by atoms with E-state index in [1.165, 1.54) is 11.8 Å². The van der Waals surface area contributed by atoms with Gasteiger partial charge in [0, 0.05) is 6.20 Å². The van der Waals surface area contributed by atoms with Crippen LogP contribution in [0.15, 0.2) is 46.6 Å². The van der Waals surface area contributed by atoms with Crippen molar-refractivity contribution >= 4 is 23.1 Å². The van der Waals surface area contributed by atoms with Gasteiger partial charge in [0.15, 0.2) is 22.2 Å². The molecule has 0 aliphatic carbocycles. The number of aromatic amines is 1. The Balaban J connectivity index is 2.00. The van der Waals surface area contributed by atoms with Crippen LogP contribution in [0.25, 0.3) is 34.1 Å². The largest absolute Gasteiger partial charge is 0.463 e. The molecular weight excluding hydrogens is 300 g/mol. The molecule has 1 N–H and O–H groups in total. The molecule has 0 fully saturated rings. The van der Waals surface area contributed by atoms with E-state index in [0.717, 1.165) is 0 Å². The van der Waals surface area contributed by atoms with Crippen LogP contribution in [0.2, 0.25) is 0 Å². The molecule has 108 valence electrons. The molecule has 0 aromatic carbocycles. The minimum atomic E-state index is 0.537. The fraction of sp³-hybridized carbons (Fsp3) is 0.0714. The average molecular weight is 310 g/mol. The number of fused-ring (bicyclic) bond motifs is 1. The van der Waals surface area contributed by atoms with Gasteiger partial charge in [-0.25, -0.2) is 24.9 Å². The van der Waals surface area contributed by atoms with E-state index in [9.17, 15) is 0 Å². The van der Waals surface area contributed by atoms with Crippen molar-refractivity contribution in [3.05, 3.63) is 37.0 Å². The Morgan fingerprint density at radius 2 is 2.05 bits per heavy atom. The standard InChI is InChI=1S/C14H10N6OS/c1-22-14-15-5-4-8(18-14)10-11(9-3-2-6-21-9)20-13-12(19-10)16-7-17-13/h2-7H,1H3,(H,16,17,19,20). The van der Waals surface area contributed by atoms with Gasteiger partial charge in [-0.2, -0.15) is 0 Å². The molecular formula is C14H10N6OS. The first-order chi connectivity index (χ1) is 10.8. The van der Waals surface area contributed by atoms with Gasteiger partial charge >= 0.3 is 0 Å². The van der Waals surface area contributed by atoms with Gasteiger partial charge in [-0.1, -0.05) is 11.8 Å².